The van der Waals surface area contributed by atoms with E-state index >= 15 is 0 Å². The van der Waals surface area contributed by atoms with Crippen LogP contribution in [0.1, 0.15) is 19.4 Å². The molecule has 1 heterocycles. The van der Waals surface area contributed by atoms with E-state index in [4.69, 9.17) is 5.26 Å². The molecule has 0 bridgehead atoms. The first-order chi connectivity index (χ1) is 9.93. The van der Waals surface area contributed by atoms with Gasteiger partial charge in [0.1, 0.15) is 6.04 Å². The number of benzene rings is 1. The molecule has 2 unspecified atom stereocenters. The van der Waals surface area contributed by atoms with E-state index < -0.39 is 6.04 Å². The molecule has 0 saturated carbocycles. The van der Waals surface area contributed by atoms with Crippen molar-refractivity contribution < 1.29 is 9.59 Å². The van der Waals surface area contributed by atoms with Crippen molar-refractivity contribution in [1.29, 1.82) is 5.26 Å². The molecule has 0 N–H and O–H groups in total. The van der Waals surface area contributed by atoms with E-state index in [1.165, 1.54) is 4.90 Å². The molecular weight excluding hydrogens is 266 g/mol. The average molecular weight is 285 g/mol. The summed E-state index contributed by atoms with van der Waals surface area (Å²) in [6.45, 7) is 5.81. The molecule has 1 aliphatic rings. The lowest BCUT2D eigenvalue weighted by atomic mass is 10.1. The molecule has 2 atom stereocenters. The van der Waals surface area contributed by atoms with Crippen molar-refractivity contribution >= 4 is 17.5 Å². The number of imide groups is 1. The molecule has 0 radical (unpaired) electrons. The highest BCUT2D eigenvalue weighted by atomic mass is 16.2. The summed E-state index contributed by atoms with van der Waals surface area (Å²) in [4.78, 5) is 27.6. The highest BCUT2D eigenvalue weighted by Gasteiger charge is 2.37. The van der Waals surface area contributed by atoms with E-state index in [0.29, 0.717) is 0 Å². The number of aryl methyl sites for hydroxylation is 1. The number of hydrogen-bond donors (Lipinski definition) is 0. The summed E-state index contributed by atoms with van der Waals surface area (Å²) in [5.74, 6) is -0.842. The van der Waals surface area contributed by atoms with Crippen molar-refractivity contribution in [3.8, 4) is 6.07 Å². The average Bonchev–Trinajstić information content (AvgIpc) is 2.48. The molecule has 5 heteroatoms. The molecule has 1 fully saturated rings. The van der Waals surface area contributed by atoms with Gasteiger partial charge in [0.2, 0.25) is 5.91 Å². The van der Waals surface area contributed by atoms with Crippen LogP contribution in [-0.4, -0.2) is 35.8 Å². The summed E-state index contributed by atoms with van der Waals surface area (Å²) in [5.41, 5.74) is 1.99. The molecule has 2 rings (SSSR count). The molecule has 110 valence electrons. The zero-order valence-corrected chi connectivity index (χ0v) is 12.5. The molecule has 1 aromatic carbocycles. The number of nitriles is 1. The van der Waals surface area contributed by atoms with Crippen LogP contribution in [-0.2, 0) is 9.59 Å². The topological polar surface area (TPSA) is 64.4 Å². The van der Waals surface area contributed by atoms with Crippen molar-refractivity contribution in [2.24, 2.45) is 5.92 Å². The van der Waals surface area contributed by atoms with Crippen LogP contribution in [0.15, 0.2) is 24.3 Å². The highest BCUT2D eigenvalue weighted by molar-refractivity contribution is 6.04. The zero-order chi connectivity index (χ0) is 15.6. The van der Waals surface area contributed by atoms with Gasteiger partial charge in [-0.3, -0.25) is 14.5 Å². The fraction of sp³-hybridized carbons (Fsp3) is 0.438. The van der Waals surface area contributed by atoms with Gasteiger partial charge in [-0.1, -0.05) is 17.7 Å². The van der Waals surface area contributed by atoms with Crippen molar-refractivity contribution in [3.63, 3.8) is 0 Å². The molecular formula is C16H19N3O2. The van der Waals surface area contributed by atoms with Gasteiger partial charge in [0.15, 0.2) is 0 Å². The standard InChI is InChI=1S/C16H19N3O2/c1-11-4-6-14(7-5-11)18-10-15(20)19(9-12(2)8-17)16(21)13(18)3/h4-7,12-13H,9-10H2,1-3H3. The van der Waals surface area contributed by atoms with Crippen molar-refractivity contribution in [1.82, 2.24) is 4.90 Å². The second-order valence-corrected chi connectivity index (χ2v) is 5.51. The summed E-state index contributed by atoms with van der Waals surface area (Å²) >= 11 is 0. The molecule has 21 heavy (non-hydrogen) atoms. The van der Waals surface area contributed by atoms with E-state index in [-0.39, 0.29) is 30.8 Å². The third-order valence-corrected chi connectivity index (χ3v) is 3.74. The first kappa shape index (κ1) is 15.0. The number of rotatable bonds is 3. The fourth-order valence-electron chi connectivity index (χ4n) is 2.41. The monoisotopic (exact) mass is 285 g/mol. The van der Waals surface area contributed by atoms with E-state index in [1.807, 2.05) is 31.2 Å². The van der Waals surface area contributed by atoms with Crippen LogP contribution < -0.4 is 4.90 Å². The molecule has 1 saturated heterocycles. The fourth-order valence-corrected chi connectivity index (χ4v) is 2.41. The number of amides is 2. The summed E-state index contributed by atoms with van der Waals surface area (Å²) in [6.07, 6.45) is 0. The second-order valence-electron chi connectivity index (χ2n) is 5.51. The third kappa shape index (κ3) is 3.05. The van der Waals surface area contributed by atoms with Crippen LogP contribution in [0.25, 0.3) is 0 Å². The van der Waals surface area contributed by atoms with Crippen LogP contribution in [0.2, 0.25) is 0 Å². The summed E-state index contributed by atoms with van der Waals surface area (Å²) in [7, 11) is 0. The van der Waals surface area contributed by atoms with E-state index in [9.17, 15) is 9.59 Å². The molecule has 1 aliphatic heterocycles. The van der Waals surface area contributed by atoms with Crippen molar-refractivity contribution in [2.45, 2.75) is 26.8 Å². The maximum absolute atomic E-state index is 12.4. The lowest BCUT2D eigenvalue weighted by Gasteiger charge is -2.39. The van der Waals surface area contributed by atoms with Crippen LogP contribution >= 0.6 is 0 Å². The normalized spacial score (nSPS) is 20.4. The van der Waals surface area contributed by atoms with Gasteiger partial charge >= 0.3 is 0 Å². The Balaban J connectivity index is 2.20. The number of carbonyl (C=O) groups is 2. The first-order valence-electron chi connectivity index (χ1n) is 7.01. The van der Waals surface area contributed by atoms with Crippen LogP contribution in [0.4, 0.5) is 5.69 Å². The quantitative estimate of drug-likeness (QED) is 0.793. The van der Waals surface area contributed by atoms with Crippen LogP contribution in [0.3, 0.4) is 0 Å². The Morgan fingerprint density at radius 3 is 2.52 bits per heavy atom. The largest absolute Gasteiger partial charge is 0.350 e. The number of carbonyl (C=O) groups excluding carboxylic acids is 2. The van der Waals surface area contributed by atoms with E-state index in [1.54, 1.807) is 18.7 Å². The van der Waals surface area contributed by atoms with Crippen LogP contribution in [0, 0.1) is 24.2 Å². The van der Waals surface area contributed by atoms with Crippen LogP contribution in [0.5, 0.6) is 0 Å². The Labute approximate surface area is 124 Å². The second kappa shape index (κ2) is 5.96. The smallest absolute Gasteiger partial charge is 0.251 e. The Bertz CT molecular complexity index is 589. The number of hydrogen-bond acceptors (Lipinski definition) is 4. The minimum Gasteiger partial charge on any atom is -0.350 e. The minimum absolute atomic E-state index is 0.161. The lowest BCUT2D eigenvalue weighted by Crippen LogP contribution is -2.59. The van der Waals surface area contributed by atoms with Gasteiger partial charge in [-0.05, 0) is 32.9 Å². The number of nitrogens with zero attached hydrogens (tertiary/aromatic N) is 3. The third-order valence-electron chi connectivity index (χ3n) is 3.74. The molecule has 2 amide bonds. The van der Waals surface area contributed by atoms with Gasteiger partial charge in [-0.25, -0.2) is 0 Å². The Hall–Kier alpha value is -2.35. The van der Waals surface area contributed by atoms with Gasteiger partial charge in [0.05, 0.1) is 18.5 Å². The highest BCUT2D eigenvalue weighted by Crippen LogP contribution is 2.22. The number of anilines is 1. The summed E-state index contributed by atoms with van der Waals surface area (Å²) in [6, 6.07) is 9.40. The summed E-state index contributed by atoms with van der Waals surface area (Å²) < 4.78 is 0. The predicted octanol–water partition coefficient (Wildman–Crippen LogP) is 1.72. The minimum atomic E-state index is -0.406. The molecule has 0 aromatic heterocycles. The number of piperazine rings is 1. The van der Waals surface area contributed by atoms with Crippen molar-refractivity contribution in [3.05, 3.63) is 29.8 Å². The van der Waals surface area contributed by atoms with E-state index in [0.717, 1.165) is 11.3 Å². The molecule has 0 spiro atoms. The van der Waals surface area contributed by atoms with Gasteiger partial charge in [-0.15, -0.1) is 0 Å². The van der Waals surface area contributed by atoms with E-state index in [2.05, 4.69) is 6.07 Å². The molecule has 1 aromatic rings. The van der Waals surface area contributed by atoms with Gasteiger partial charge in [0.25, 0.3) is 5.91 Å². The zero-order valence-electron chi connectivity index (χ0n) is 12.5. The lowest BCUT2D eigenvalue weighted by molar-refractivity contribution is -0.147. The SMILES string of the molecule is Cc1ccc(N2CC(=O)N(CC(C)C#N)C(=O)C2C)cc1. The van der Waals surface area contributed by atoms with Crippen molar-refractivity contribution in [2.75, 3.05) is 18.0 Å². The Morgan fingerprint density at radius 1 is 1.33 bits per heavy atom. The Kier molecular flexibility index (Phi) is 4.27. The molecule has 0 aliphatic carbocycles. The maximum Gasteiger partial charge on any atom is 0.251 e. The van der Waals surface area contributed by atoms with Gasteiger partial charge in [-0.2, -0.15) is 5.26 Å². The Morgan fingerprint density at radius 2 is 1.95 bits per heavy atom. The predicted molar refractivity (Wildman–Crippen MR) is 79.5 cm³/mol. The molecule has 5 nitrogen and oxygen atoms in total. The van der Waals surface area contributed by atoms with Gasteiger partial charge < -0.3 is 4.90 Å². The van der Waals surface area contributed by atoms with Gasteiger partial charge in [0, 0.05) is 12.2 Å². The summed E-state index contributed by atoms with van der Waals surface area (Å²) in [5, 5.41) is 8.85. The first-order valence-corrected chi connectivity index (χ1v) is 7.01. The maximum atomic E-state index is 12.4.